The number of hydrogen-bond donors (Lipinski definition) is 2. The van der Waals surface area contributed by atoms with Gasteiger partial charge in [0.05, 0.1) is 12.1 Å². The summed E-state index contributed by atoms with van der Waals surface area (Å²) in [5.41, 5.74) is 0.293. The molecule has 0 saturated carbocycles. The number of nitrogens with one attached hydrogen (secondary N) is 1. The first kappa shape index (κ1) is 16.1. The normalized spacial score (nSPS) is 10.6. The highest BCUT2D eigenvalue weighted by Gasteiger charge is 2.12. The van der Waals surface area contributed by atoms with E-state index < -0.39 is 11.8 Å². The second-order valence-corrected chi connectivity index (χ2v) is 4.63. The molecule has 1 aromatic rings. The fourth-order valence-electron chi connectivity index (χ4n) is 1.74. The molecule has 20 heavy (non-hydrogen) atoms. The van der Waals surface area contributed by atoms with Crippen molar-refractivity contribution in [3.05, 3.63) is 35.1 Å². The lowest BCUT2D eigenvalue weighted by atomic mass is 10.1. The fourth-order valence-corrected chi connectivity index (χ4v) is 1.74. The van der Waals surface area contributed by atoms with Gasteiger partial charge in [0.15, 0.2) is 0 Å². The van der Waals surface area contributed by atoms with Gasteiger partial charge in [-0.2, -0.15) is 0 Å². The van der Waals surface area contributed by atoms with Gasteiger partial charge in [-0.15, -0.1) is 0 Å². The molecule has 0 aliphatic rings. The van der Waals surface area contributed by atoms with Crippen LogP contribution in [0.1, 0.15) is 29.3 Å². The number of hydrogen-bond acceptors (Lipinski definition) is 3. The minimum absolute atomic E-state index is 0.0326. The van der Waals surface area contributed by atoms with Gasteiger partial charge in [-0.3, -0.25) is 9.69 Å². The van der Waals surface area contributed by atoms with Crippen molar-refractivity contribution in [1.29, 1.82) is 0 Å². The van der Waals surface area contributed by atoms with Crippen LogP contribution in [0.25, 0.3) is 0 Å². The Balaban J connectivity index is 2.65. The van der Waals surface area contributed by atoms with Crippen molar-refractivity contribution in [2.24, 2.45) is 0 Å². The lowest BCUT2D eigenvalue weighted by Crippen LogP contribution is -2.35. The van der Waals surface area contributed by atoms with Gasteiger partial charge in [-0.1, -0.05) is 6.92 Å². The van der Waals surface area contributed by atoms with Gasteiger partial charge in [0.25, 0.3) is 0 Å². The predicted octanol–water partition coefficient (Wildman–Crippen LogP) is 1.48. The molecule has 0 aromatic heterocycles. The molecular weight excluding hydrogens is 263 g/mol. The highest BCUT2D eigenvalue weighted by atomic mass is 19.1. The summed E-state index contributed by atoms with van der Waals surface area (Å²) in [5, 5.41) is 11.6. The third-order valence-electron chi connectivity index (χ3n) is 2.72. The fraction of sp³-hybridized carbons (Fsp3) is 0.429. The van der Waals surface area contributed by atoms with Crippen LogP contribution in [0.4, 0.5) is 4.39 Å². The number of likely N-dealkylation sites (N-methyl/N-ethyl adjacent to an activating group) is 1. The Labute approximate surface area is 117 Å². The Hall–Kier alpha value is -1.95. The van der Waals surface area contributed by atoms with Gasteiger partial charge >= 0.3 is 5.97 Å². The van der Waals surface area contributed by atoms with Crippen LogP contribution in [-0.2, 0) is 11.3 Å². The largest absolute Gasteiger partial charge is 0.478 e. The Morgan fingerprint density at radius 1 is 1.40 bits per heavy atom. The van der Waals surface area contributed by atoms with E-state index in [9.17, 15) is 14.0 Å². The molecule has 110 valence electrons. The Kier molecular flexibility index (Phi) is 6.11. The molecule has 0 unspecified atom stereocenters. The molecule has 0 radical (unpaired) electrons. The van der Waals surface area contributed by atoms with Crippen molar-refractivity contribution >= 4 is 11.9 Å². The van der Waals surface area contributed by atoms with E-state index in [1.165, 1.54) is 12.1 Å². The molecule has 0 saturated heterocycles. The third-order valence-corrected chi connectivity index (χ3v) is 2.72. The lowest BCUT2D eigenvalue weighted by Gasteiger charge is -2.17. The summed E-state index contributed by atoms with van der Waals surface area (Å²) in [6.07, 6.45) is 0.852. The Morgan fingerprint density at radius 3 is 2.70 bits per heavy atom. The molecule has 0 spiro atoms. The zero-order valence-corrected chi connectivity index (χ0v) is 11.6. The zero-order valence-electron chi connectivity index (χ0n) is 11.6. The zero-order chi connectivity index (χ0) is 15.1. The van der Waals surface area contributed by atoms with Crippen molar-refractivity contribution in [3.8, 4) is 0 Å². The van der Waals surface area contributed by atoms with E-state index in [1.807, 2.05) is 6.92 Å². The molecule has 2 N–H and O–H groups in total. The van der Waals surface area contributed by atoms with Gasteiger partial charge in [-0.05, 0) is 31.7 Å². The average molecular weight is 282 g/mol. The number of carboxylic acids is 1. The van der Waals surface area contributed by atoms with E-state index in [0.29, 0.717) is 6.54 Å². The molecule has 0 bridgehead atoms. The number of carboxylic acid groups (broad SMARTS) is 1. The minimum atomic E-state index is -1.10. The summed E-state index contributed by atoms with van der Waals surface area (Å²) in [6.45, 7) is 2.87. The molecule has 0 heterocycles. The van der Waals surface area contributed by atoms with Crippen LogP contribution in [0.5, 0.6) is 0 Å². The number of nitrogens with zero attached hydrogens (tertiary/aromatic N) is 1. The first-order valence-electron chi connectivity index (χ1n) is 6.41. The van der Waals surface area contributed by atoms with Crippen LogP contribution >= 0.6 is 0 Å². The van der Waals surface area contributed by atoms with Crippen LogP contribution in [0.2, 0.25) is 0 Å². The summed E-state index contributed by atoms with van der Waals surface area (Å²) >= 11 is 0. The third kappa shape index (κ3) is 4.97. The molecule has 6 heteroatoms. The van der Waals surface area contributed by atoms with Crippen LogP contribution in [0, 0.1) is 5.82 Å². The van der Waals surface area contributed by atoms with E-state index in [1.54, 1.807) is 11.9 Å². The van der Waals surface area contributed by atoms with Gasteiger partial charge < -0.3 is 10.4 Å². The quantitative estimate of drug-likeness (QED) is 0.795. The van der Waals surface area contributed by atoms with Crippen LogP contribution < -0.4 is 5.32 Å². The van der Waals surface area contributed by atoms with Crippen LogP contribution in [0.15, 0.2) is 18.2 Å². The van der Waals surface area contributed by atoms with Gasteiger partial charge in [0, 0.05) is 18.7 Å². The molecular formula is C14H19FN2O3. The smallest absolute Gasteiger partial charge is 0.335 e. The van der Waals surface area contributed by atoms with E-state index in [0.717, 1.165) is 12.5 Å². The average Bonchev–Trinajstić information content (AvgIpc) is 2.38. The van der Waals surface area contributed by atoms with Crippen molar-refractivity contribution in [2.75, 3.05) is 20.1 Å². The van der Waals surface area contributed by atoms with E-state index in [-0.39, 0.29) is 30.1 Å². The highest BCUT2D eigenvalue weighted by Crippen LogP contribution is 2.12. The summed E-state index contributed by atoms with van der Waals surface area (Å²) in [4.78, 5) is 24.0. The number of halogens is 1. The second kappa shape index (κ2) is 7.59. The first-order chi connectivity index (χ1) is 9.43. The lowest BCUT2D eigenvalue weighted by molar-refractivity contribution is -0.122. The maximum absolute atomic E-state index is 13.6. The van der Waals surface area contributed by atoms with Crippen molar-refractivity contribution in [2.45, 2.75) is 19.9 Å². The molecule has 1 amide bonds. The summed E-state index contributed by atoms with van der Waals surface area (Å²) in [5.74, 6) is -1.71. The van der Waals surface area contributed by atoms with Crippen LogP contribution in [-0.4, -0.2) is 42.0 Å². The maximum atomic E-state index is 13.6. The minimum Gasteiger partial charge on any atom is -0.478 e. The maximum Gasteiger partial charge on any atom is 0.335 e. The number of carbonyl (C=O) groups excluding carboxylic acids is 1. The summed E-state index contributed by atoms with van der Waals surface area (Å²) in [7, 11) is 1.68. The number of aromatic carboxylic acids is 1. The number of rotatable bonds is 7. The topological polar surface area (TPSA) is 69.6 Å². The number of amides is 1. The number of carbonyl (C=O) groups is 2. The van der Waals surface area contributed by atoms with Gasteiger partial charge in [0.2, 0.25) is 5.91 Å². The van der Waals surface area contributed by atoms with E-state index in [4.69, 9.17) is 5.11 Å². The second-order valence-electron chi connectivity index (χ2n) is 4.63. The van der Waals surface area contributed by atoms with Crippen molar-refractivity contribution in [1.82, 2.24) is 10.2 Å². The molecule has 5 nitrogen and oxygen atoms in total. The molecule has 0 aliphatic carbocycles. The summed E-state index contributed by atoms with van der Waals surface area (Å²) < 4.78 is 13.6. The van der Waals surface area contributed by atoms with Gasteiger partial charge in [0.1, 0.15) is 5.82 Å². The molecule has 1 aromatic carbocycles. The number of benzene rings is 1. The SMILES string of the molecule is CCCNC(=O)CN(C)Cc1cc(C(=O)O)ccc1F. The standard InChI is InChI=1S/C14H19FN2O3/c1-3-6-16-13(18)9-17(2)8-11-7-10(14(19)20)4-5-12(11)15/h4-5,7H,3,6,8-9H2,1-2H3,(H,16,18)(H,19,20). The Morgan fingerprint density at radius 2 is 2.10 bits per heavy atom. The van der Waals surface area contributed by atoms with Crippen LogP contribution in [0.3, 0.4) is 0 Å². The highest BCUT2D eigenvalue weighted by molar-refractivity contribution is 5.87. The molecule has 0 atom stereocenters. The van der Waals surface area contributed by atoms with Crippen molar-refractivity contribution in [3.63, 3.8) is 0 Å². The monoisotopic (exact) mass is 282 g/mol. The molecule has 1 rings (SSSR count). The summed E-state index contributed by atoms with van der Waals surface area (Å²) in [6, 6.07) is 3.64. The van der Waals surface area contributed by atoms with E-state index >= 15 is 0 Å². The molecule has 0 fully saturated rings. The Bertz CT molecular complexity index is 491. The van der Waals surface area contributed by atoms with Gasteiger partial charge in [-0.25, -0.2) is 9.18 Å². The van der Waals surface area contributed by atoms with E-state index in [2.05, 4.69) is 5.32 Å². The van der Waals surface area contributed by atoms with Crippen molar-refractivity contribution < 1.29 is 19.1 Å². The first-order valence-corrected chi connectivity index (χ1v) is 6.41. The predicted molar refractivity (Wildman–Crippen MR) is 73.0 cm³/mol. The molecule has 0 aliphatic heterocycles.